The number of halogens is 1. The van der Waals surface area contributed by atoms with E-state index < -0.39 is 0 Å². The zero-order chi connectivity index (χ0) is 17.7. The fourth-order valence-corrected chi connectivity index (χ4v) is 4.35. The Labute approximate surface area is 148 Å². The SMILES string of the molecule is C[N+](C)(C)C1(Cc2ccc(F)cc2)c2ccccc2-c2ccccc21. The molecule has 25 heavy (non-hydrogen) atoms. The number of hydrogen-bond donors (Lipinski definition) is 0. The summed E-state index contributed by atoms with van der Waals surface area (Å²) in [5, 5.41) is 0. The van der Waals surface area contributed by atoms with Crippen LogP contribution in [-0.4, -0.2) is 25.6 Å². The molecule has 0 spiro atoms. The quantitative estimate of drug-likeness (QED) is 0.592. The van der Waals surface area contributed by atoms with Crippen LogP contribution in [0.25, 0.3) is 11.1 Å². The first-order valence-corrected chi connectivity index (χ1v) is 8.69. The number of fused-ring (bicyclic) bond motifs is 3. The zero-order valence-corrected chi connectivity index (χ0v) is 15.0. The minimum Gasteiger partial charge on any atom is -0.318 e. The Morgan fingerprint density at radius 1 is 0.720 bits per heavy atom. The van der Waals surface area contributed by atoms with Gasteiger partial charge >= 0.3 is 0 Å². The van der Waals surface area contributed by atoms with Crippen molar-refractivity contribution < 1.29 is 8.87 Å². The first kappa shape index (κ1) is 16.0. The van der Waals surface area contributed by atoms with Crippen molar-refractivity contribution in [3.8, 4) is 11.1 Å². The number of quaternary nitrogens is 1. The average molecular weight is 332 g/mol. The van der Waals surface area contributed by atoms with Gasteiger partial charge in [0.05, 0.1) is 21.1 Å². The molecule has 0 N–H and O–H groups in total. The third kappa shape index (κ3) is 2.32. The lowest BCUT2D eigenvalue weighted by molar-refractivity contribution is -0.924. The molecule has 3 aromatic carbocycles. The standard InChI is InChI=1S/C23H23FN/c1-25(2,3)23(16-17-12-14-18(24)15-13-17)21-10-6-4-8-19(21)20-9-5-7-11-22(20)23/h4-15H,16H2,1-3H3/q+1. The molecule has 0 saturated heterocycles. The lowest BCUT2D eigenvalue weighted by Crippen LogP contribution is -2.55. The molecule has 0 amide bonds. The molecule has 126 valence electrons. The summed E-state index contributed by atoms with van der Waals surface area (Å²) in [6.45, 7) is 0. The second-order valence-corrected chi connectivity index (χ2v) is 7.77. The van der Waals surface area contributed by atoms with E-state index in [1.807, 2.05) is 12.1 Å². The van der Waals surface area contributed by atoms with Crippen LogP contribution < -0.4 is 0 Å². The van der Waals surface area contributed by atoms with Crippen molar-refractivity contribution in [3.05, 3.63) is 95.3 Å². The molecule has 0 atom stereocenters. The molecular formula is C23H23FN+. The Kier molecular flexibility index (Phi) is 3.55. The molecule has 0 aromatic heterocycles. The fourth-order valence-electron chi connectivity index (χ4n) is 4.35. The van der Waals surface area contributed by atoms with Crippen LogP contribution in [-0.2, 0) is 12.0 Å². The molecule has 0 fully saturated rings. The van der Waals surface area contributed by atoms with E-state index in [9.17, 15) is 4.39 Å². The van der Waals surface area contributed by atoms with E-state index in [2.05, 4.69) is 69.7 Å². The topological polar surface area (TPSA) is 0 Å². The molecule has 1 aliphatic carbocycles. The maximum absolute atomic E-state index is 13.4. The van der Waals surface area contributed by atoms with Gasteiger partial charge in [0.25, 0.3) is 0 Å². The van der Waals surface area contributed by atoms with Gasteiger partial charge < -0.3 is 4.48 Å². The number of rotatable bonds is 3. The van der Waals surface area contributed by atoms with Gasteiger partial charge in [-0.25, -0.2) is 4.39 Å². The highest BCUT2D eigenvalue weighted by Crippen LogP contribution is 2.53. The predicted octanol–water partition coefficient (Wildman–Crippen LogP) is 5.00. The molecule has 3 aromatic rings. The summed E-state index contributed by atoms with van der Waals surface area (Å²) in [7, 11) is 6.76. The van der Waals surface area contributed by atoms with Crippen molar-refractivity contribution in [1.82, 2.24) is 0 Å². The number of likely N-dealkylation sites (N-methyl/N-ethyl adjacent to an activating group) is 1. The molecule has 1 aliphatic rings. The van der Waals surface area contributed by atoms with Crippen LogP contribution in [0.1, 0.15) is 16.7 Å². The second-order valence-electron chi connectivity index (χ2n) is 7.77. The largest absolute Gasteiger partial charge is 0.318 e. The summed E-state index contributed by atoms with van der Waals surface area (Å²) in [6.07, 6.45) is 0.838. The third-order valence-corrected chi connectivity index (χ3v) is 5.55. The number of hydrogen-bond acceptors (Lipinski definition) is 0. The minimum absolute atomic E-state index is 0.185. The Morgan fingerprint density at radius 3 is 1.68 bits per heavy atom. The van der Waals surface area contributed by atoms with Gasteiger partial charge in [-0.3, -0.25) is 0 Å². The van der Waals surface area contributed by atoms with E-state index in [1.54, 1.807) is 12.1 Å². The van der Waals surface area contributed by atoms with E-state index in [0.29, 0.717) is 0 Å². The minimum atomic E-state index is -0.189. The monoisotopic (exact) mass is 332 g/mol. The highest BCUT2D eigenvalue weighted by Gasteiger charge is 2.52. The van der Waals surface area contributed by atoms with Gasteiger partial charge in [-0.1, -0.05) is 60.7 Å². The van der Waals surface area contributed by atoms with Gasteiger partial charge in [-0.15, -0.1) is 0 Å². The van der Waals surface area contributed by atoms with Gasteiger partial charge in [0, 0.05) is 17.5 Å². The molecule has 4 rings (SSSR count). The summed E-state index contributed by atoms with van der Waals surface area (Å²) in [5.41, 5.74) is 6.30. The van der Waals surface area contributed by atoms with Crippen molar-refractivity contribution in [2.45, 2.75) is 12.0 Å². The molecule has 2 heteroatoms. The number of benzene rings is 3. The van der Waals surface area contributed by atoms with Gasteiger partial charge in [0.2, 0.25) is 0 Å². The van der Waals surface area contributed by atoms with Crippen LogP contribution in [0, 0.1) is 5.82 Å². The van der Waals surface area contributed by atoms with Crippen LogP contribution in [0.5, 0.6) is 0 Å². The van der Waals surface area contributed by atoms with Gasteiger partial charge in [0.1, 0.15) is 5.82 Å². The average Bonchev–Trinajstić information content (AvgIpc) is 2.89. The second kappa shape index (κ2) is 5.53. The Bertz CT molecular complexity index is 874. The summed E-state index contributed by atoms with van der Waals surface area (Å²) in [4.78, 5) is 0. The van der Waals surface area contributed by atoms with Crippen molar-refractivity contribution >= 4 is 0 Å². The van der Waals surface area contributed by atoms with E-state index in [-0.39, 0.29) is 11.4 Å². The molecule has 0 bridgehead atoms. The zero-order valence-electron chi connectivity index (χ0n) is 15.0. The Balaban J connectivity index is 2.00. The number of nitrogens with zero attached hydrogens (tertiary/aromatic N) is 1. The predicted molar refractivity (Wildman–Crippen MR) is 101 cm³/mol. The first-order valence-electron chi connectivity index (χ1n) is 8.69. The Morgan fingerprint density at radius 2 is 1.20 bits per heavy atom. The maximum atomic E-state index is 13.4. The lowest BCUT2D eigenvalue weighted by Gasteiger charge is -2.45. The van der Waals surface area contributed by atoms with Crippen molar-refractivity contribution in [3.63, 3.8) is 0 Å². The fraction of sp³-hybridized carbons (Fsp3) is 0.217. The molecule has 0 heterocycles. The molecular weight excluding hydrogens is 309 g/mol. The Hall–Kier alpha value is -2.45. The summed E-state index contributed by atoms with van der Waals surface area (Å²) in [5.74, 6) is -0.185. The van der Waals surface area contributed by atoms with Crippen molar-refractivity contribution in [1.29, 1.82) is 0 Å². The molecule has 0 saturated carbocycles. The van der Waals surface area contributed by atoms with Crippen LogP contribution in [0.4, 0.5) is 4.39 Å². The molecule has 0 aliphatic heterocycles. The highest BCUT2D eigenvalue weighted by molar-refractivity contribution is 5.80. The molecule has 0 unspecified atom stereocenters. The van der Waals surface area contributed by atoms with Gasteiger partial charge in [0.15, 0.2) is 5.54 Å². The summed E-state index contributed by atoms with van der Waals surface area (Å²) < 4.78 is 14.2. The highest BCUT2D eigenvalue weighted by atomic mass is 19.1. The first-order chi connectivity index (χ1) is 11.9. The van der Waals surface area contributed by atoms with E-state index in [1.165, 1.54) is 22.3 Å². The van der Waals surface area contributed by atoms with Crippen LogP contribution >= 0.6 is 0 Å². The molecule has 0 radical (unpaired) electrons. The third-order valence-electron chi connectivity index (χ3n) is 5.55. The van der Waals surface area contributed by atoms with Crippen LogP contribution in [0.2, 0.25) is 0 Å². The van der Waals surface area contributed by atoms with E-state index in [0.717, 1.165) is 16.5 Å². The van der Waals surface area contributed by atoms with Crippen LogP contribution in [0.15, 0.2) is 72.8 Å². The van der Waals surface area contributed by atoms with Crippen LogP contribution in [0.3, 0.4) is 0 Å². The molecule has 1 nitrogen and oxygen atoms in total. The summed E-state index contributed by atoms with van der Waals surface area (Å²) >= 11 is 0. The van der Waals surface area contributed by atoms with E-state index in [4.69, 9.17) is 0 Å². The van der Waals surface area contributed by atoms with Gasteiger partial charge in [-0.05, 0) is 28.8 Å². The van der Waals surface area contributed by atoms with Crippen molar-refractivity contribution in [2.75, 3.05) is 21.1 Å². The normalized spacial score (nSPS) is 14.9. The van der Waals surface area contributed by atoms with Gasteiger partial charge in [-0.2, -0.15) is 0 Å². The summed E-state index contributed by atoms with van der Waals surface area (Å²) in [6, 6.07) is 24.4. The van der Waals surface area contributed by atoms with Crippen molar-refractivity contribution in [2.24, 2.45) is 0 Å². The smallest absolute Gasteiger partial charge is 0.155 e. The maximum Gasteiger partial charge on any atom is 0.155 e. The lowest BCUT2D eigenvalue weighted by atomic mass is 9.79. The van der Waals surface area contributed by atoms with E-state index >= 15 is 0 Å².